The van der Waals surface area contributed by atoms with Crippen LogP contribution in [0.1, 0.15) is 36.2 Å². The number of nitrogens with two attached hydrogens (primary N) is 1. The summed E-state index contributed by atoms with van der Waals surface area (Å²) in [7, 11) is 0. The molecule has 0 aliphatic rings. The van der Waals surface area contributed by atoms with E-state index in [2.05, 4.69) is 0 Å². The summed E-state index contributed by atoms with van der Waals surface area (Å²) in [5.41, 5.74) is 4.87. The van der Waals surface area contributed by atoms with Gasteiger partial charge in [0.05, 0.1) is 5.56 Å². The van der Waals surface area contributed by atoms with Crippen LogP contribution >= 0.6 is 0 Å². The molecule has 0 heterocycles. The van der Waals surface area contributed by atoms with Gasteiger partial charge < -0.3 is 5.73 Å². The van der Waals surface area contributed by atoms with Crippen LogP contribution in [0.15, 0.2) is 12.1 Å². The highest BCUT2D eigenvalue weighted by Gasteiger charge is 2.22. The van der Waals surface area contributed by atoms with Crippen molar-refractivity contribution in [2.24, 2.45) is 5.73 Å². The highest BCUT2D eigenvalue weighted by molar-refractivity contribution is 5.97. The lowest BCUT2D eigenvalue weighted by Gasteiger charge is -2.17. The second-order valence-electron chi connectivity index (χ2n) is 4.65. The van der Waals surface area contributed by atoms with Crippen molar-refractivity contribution in [2.75, 3.05) is 0 Å². The first-order valence-electron chi connectivity index (χ1n) is 4.99. The molecule has 2 N–H and O–H groups in total. The van der Waals surface area contributed by atoms with E-state index >= 15 is 0 Å². The molecule has 1 aromatic rings. The van der Waals surface area contributed by atoms with Gasteiger partial charge in [-0.3, -0.25) is 4.79 Å². The smallest absolute Gasteiger partial charge is 0.169 e. The summed E-state index contributed by atoms with van der Waals surface area (Å²) in [6.07, 6.45) is -0.0214. The van der Waals surface area contributed by atoms with Crippen LogP contribution in [0.2, 0.25) is 0 Å². The van der Waals surface area contributed by atoms with E-state index in [9.17, 15) is 13.6 Å². The van der Waals surface area contributed by atoms with Crippen molar-refractivity contribution in [3.63, 3.8) is 0 Å². The Kier molecular flexibility index (Phi) is 3.43. The van der Waals surface area contributed by atoms with E-state index in [1.54, 1.807) is 13.8 Å². The average molecular weight is 227 g/mol. The highest BCUT2D eigenvalue weighted by atomic mass is 19.2. The van der Waals surface area contributed by atoms with Gasteiger partial charge in [0, 0.05) is 12.0 Å². The third-order valence-corrected chi connectivity index (χ3v) is 2.19. The maximum absolute atomic E-state index is 13.5. The van der Waals surface area contributed by atoms with Crippen molar-refractivity contribution < 1.29 is 13.6 Å². The van der Waals surface area contributed by atoms with Crippen molar-refractivity contribution >= 4 is 5.78 Å². The monoisotopic (exact) mass is 227 g/mol. The summed E-state index contributed by atoms with van der Waals surface area (Å²) in [5, 5.41) is 0. The van der Waals surface area contributed by atoms with E-state index < -0.39 is 23.0 Å². The first-order chi connectivity index (χ1) is 7.22. The van der Waals surface area contributed by atoms with Gasteiger partial charge in [-0.1, -0.05) is 6.07 Å². The van der Waals surface area contributed by atoms with Crippen LogP contribution in [0.4, 0.5) is 8.78 Å². The zero-order valence-corrected chi connectivity index (χ0v) is 9.60. The summed E-state index contributed by atoms with van der Waals surface area (Å²) < 4.78 is 26.7. The number of Topliss-reactive ketones (excluding diaryl/α,β-unsaturated/α-hetero) is 1. The molecule has 0 spiro atoms. The Morgan fingerprint density at radius 1 is 1.31 bits per heavy atom. The number of hydrogen-bond donors (Lipinski definition) is 1. The Morgan fingerprint density at radius 3 is 2.38 bits per heavy atom. The van der Waals surface area contributed by atoms with Crippen molar-refractivity contribution in [3.8, 4) is 0 Å². The van der Waals surface area contributed by atoms with Gasteiger partial charge in [0.25, 0.3) is 0 Å². The number of carbonyl (C=O) groups excluding carboxylic acids is 1. The van der Waals surface area contributed by atoms with E-state index in [0.29, 0.717) is 0 Å². The van der Waals surface area contributed by atoms with Crippen LogP contribution in [0.3, 0.4) is 0 Å². The van der Waals surface area contributed by atoms with Gasteiger partial charge in [0.1, 0.15) is 0 Å². The molecule has 0 amide bonds. The Labute approximate surface area is 93.5 Å². The van der Waals surface area contributed by atoms with Gasteiger partial charge in [-0.2, -0.15) is 0 Å². The quantitative estimate of drug-likeness (QED) is 0.806. The molecular weight excluding hydrogens is 212 g/mol. The molecule has 0 aliphatic heterocycles. The number of carbonyl (C=O) groups is 1. The molecule has 0 saturated heterocycles. The molecule has 0 saturated carbocycles. The lowest BCUT2D eigenvalue weighted by Crippen LogP contribution is -2.34. The second-order valence-corrected chi connectivity index (χ2v) is 4.65. The minimum atomic E-state index is -1.09. The van der Waals surface area contributed by atoms with Crippen LogP contribution in [0, 0.1) is 18.6 Å². The lowest BCUT2D eigenvalue weighted by molar-refractivity contribution is 0.0955. The van der Waals surface area contributed by atoms with E-state index in [0.717, 1.165) is 0 Å². The topological polar surface area (TPSA) is 43.1 Å². The molecule has 1 rings (SSSR count). The maximum atomic E-state index is 13.5. The van der Waals surface area contributed by atoms with Gasteiger partial charge in [-0.15, -0.1) is 0 Å². The molecule has 1 aromatic carbocycles. The fourth-order valence-corrected chi connectivity index (χ4v) is 1.37. The molecule has 4 heteroatoms. The Balaban J connectivity index is 3.06. The fraction of sp³-hybridized carbons (Fsp3) is 0.417. The van der Waals surface area contributed by atoms with Crippen molar-refractivity contribution in [3.05, 3.63) is 34.9 Å². The molecule has 16 heavy (non-hydrogen) atoms. The van der Waals surface area contributed by atoms with E-state index in [1.165, 1.54) is 19.1 Å². The number of halogens is 2. The van der Waals surface area contributed by atoms with Gasteiger partial charge in [-0.25, -0.2) is 8.78 Å². The fourth-order valence-electron chi connectivity index (χ4n) is 1.37. The number of ketones is 1. The standard InChI is InChI=1S/C12H15F2NO/c1-7-4-5-8(11(14)10(7)13)9(16)6-12(2,3)15/h4-5H,6,15H2,1-3H3. The Bertz CT molecular complexity index is 422. The summed E-state index contributed by atoms with van der Waals surface area (Å²) >= 11 is 0. The van der Waals surface area contributed by atoms with Gasteiger partial charge in [-0.05, 0) is 32.4 Å². The van der Waals surface area contributed by atoms with Crippen molar-refractivity contribution in [1.29, 1.82) is 0 Å². The van der Waals surface area contributed by atoms with Crippen LogP contribution in [-0.2, 0) is 0 Å². The molecule has 0 aromatic heterocycles. The first kappa shape index (κ1) is 12.8. The molecular formula is C12H15F2NO. The van der Waals surface area contributed by atoms with Crippen LogP contribution in [0.5, 0.6) is 0 Å². The average Bonchev–Trinajstić information content (AvgIpc) is 2.11. The maximum Gasteiger partial charge on any atom is 0.169 e. The molecule has 0 atom stereocenters. The highest BCUT2D eigenvalue weighted by Crippen LogP contribution is 2.19. The number of hydrogen-bond acceptors (Lipinski definition) is 2. The van der Waals surface area contributed by atoms with Crippen molar-refractivity contribution in [2.45, 2.75) is 32.7 Å². The molecule has 88 valence electrons. The van der Waals surface area contributed by atoms with Crippen LogP contribution in [-0.4, -0.2) is 11.3 Å². The van der Waals surface area contributed by atoms with Gasteiger partial charge >= 0.3 is 0 Å². The Hall–Kier alpha value is -1.29. The molecule has 2 nitrogen and oxygen atoms in total. The Morgan fingerprint density at radius 2 is 1.88 bits per heavy atom. The summed E-state index contributed by atoms with van der Waals surface area (Å²) in [6.45, 7) is 4.76. The second kappa shape index (κ2) is 4.29. The van der Waals surface area contributed by atoms with Crippen molar-refractivity contribution in [1.82, 2.24) is 0 Å². The third kappa shape index (κ3) is 2.85. The predicted octanol–water partition coefficient (Wildman–Crippen LogP) is 2.58. The predicted molar refractivity (Wildman–Crippen MR) is 58.3 cm³/mol. The van der Waals surface area contributed by atoms with Crippen LogP contribution < -0.4 is 5.73 Å². The van der Waals surface area contributed by atoms with E-state index in [4.69, 9.17) is 5.73 Å². The zero-order valence-electron chi connectivity index (χ0n) is 9.60. The number of rotatable bonds is 3. The first-order valence-corrected chi connectivity index (χ1v) is 4.99. The molecule has 0 unspecified atom stereocenters. The van der Waals surface area contributed by atoms with Crippen LogP contribution in [0.25, 0.3) is 0 Å². The SMILES string of the molecule is Cc1ccc(C(=O)CC(C)(C)N)c(F)c1F. The zero-order chi connectivity index (χ0) is 12.5. The number of aryl methyl sites for hydroxylation is 1. The summed E-state index contributed by atoms with van der Waals surface area (Å²) in [6, 6.07) is 2.68. The number of benzene rings is 1. The summed E-state index contributed by atoms with van der Waals surface area (Å²) in [4.78, 5) is 11.7. The summed E-state index contributed by atoms with van der Waals surface area (Å²) in [5.74, 6) is -2.54. The minimum absolute atomic E-state index is 0.0214. The normalized spacial score (nSPS) is 11.6. The minimum Gasteiger partial charge on any atom is -0.325 e. The largest absolute Gasteiger partial charge is 0.325 e. The lowest BCUT2D eigenvalue weighted by atomic mass is 9.94. The van der Waals surface area contributed by atoms with Gasteiger partial charge in [0.15, 0.2) is 17.4 Å². The molecule has 0 bridgehead atoms. The third-order valence-electron chi connectivity index (χ3n) is 2.19. The van der Waals surface area contributed by atoms with E-state index in [1.807, 2.05) is 0 Å². The molecule has 0 radical (unpaired) electrons. The molecule has 0 aliphatic carbocycles. The van der Waals surface area contributed by atoms with Gasteiger partial charge in [0.2, 0.25) is 0 Å². The molecule has 0 fully saturated rings. The van der Waals surface area contributed by atoms with E-state index in [-0.39, 0.29) is 17.5 Å².